The average molecular weight is 1210 g/mol. The molecular formula is C72H127NO13. The first kappa shape index (κ1) is 79.3. The summed E-state index contributed by atoms with van der Waals surface area (Å²) >= 11 is 0. The van der Waals surface area contributed by atoms with E-state index in [0.717, 1.165) is 77.0 Å². The van der Waals surface area contributed by atoms with Gasteiger partial charge in [-0.1, -0.05) is 266 Å². The zero-order valence-corrected chi connectivity index (χ0v) is 54.0. The second-order valence-corrected chi connectivity index (χ2v) is 24.3. The van der Waals surface area contributed by atoms with E-state index in [9.17, 15) is 45.6 Å². The molecule has 0 bridgehead atoms. The number of hydrogen-bond donors (Lipinski definition) is 9. The van der Waals surface area contributed by atoms with Crippen molar-refractivity contribution < 1.29 is 64.6 Å². The number of hydrogen-bond acceptors (Lipinski definition) is 13. The lowest BCUT2D eigenvalue weighted by atomic mass is 9.97. The standard InChI is InChI=1S/C72H127NO13/c1-3-5-7-9-11-13-15-17-19-21-23-25-27-28-29-30-31-32-34-35-37-39-41-43-45-47-49-51-53-55-61(76)60(59-83-71-69(82)67(80)70(63(58-75)85-71)86-72-68(81)66(79)65(78)62(57-74)84-72)73-64(77)56-54-52-50-48-46-44-42-40-38-36-33-26-24-22-20-18-16-14-12-10-8-6-4-2/h6,8,12,14,18,20,24,26,37,39,45,47,53,55,60-63,65-72,74-76,78-82H,3-5,7,9-11,13,15-17,19,21-23,25,27-36,38,40-44,46,48-52,54,56-59H2,1-2H3,(H,73,77)/b8-6-,14-12-,20-18-,26-24-,39-37+,47-45+,55-53+. The van der Waals surface area contributed by atoms with Crippen molar-refractivity contribution in [3.05, 3.63) is 85.1 Å². The Morgan fingerprint density at radius 2 is 0.814 bits per heavy atom. The van der Waals surface area contributed by atoms with E-state index in [1.807, 2.05) is 6.08 Å². The number of nitrogens with one attached hydrogen (secondary N) is 1. The van der Waals surface area contributed by atoms with Gasteiger partial charge in [0.25, 0.3) is 0 Å². The highest BCUT2D eigenvalue weighted by atomic mass is 16.7. The molecule has 0 aromatic carbocycles. The molecule has 1 amide bonds. The van der Waals surface area contributed by atoms with Crippen molar-refractivity contribution in [2.75, 3.05) is 19.8 Å². The van der Waals surface area contributed by atoms with Crippen LogP contribution in [-0.2, 0) is 23.7 Å². The van der Waals surface area contributed by atoms with Gasteiger partial charge in [0.05, 0.1) is 32.0 Å². The molecule has 86 heavy (non-hydrogen) atoms. The first-order valence-corrected chi connectivity index (χ1v) is 34.8. The number of amides is 1. The molecule has 2 aliphatic heterocycles. The molecule has 0 spiro atoms. The average Bonchev–Trinajstić information content (AvgIpc) is 2.54. The van der Waals surface area contributed by atoms with E-state index in [0.29, 0.717) is 12.8 Å². The Morgan fingerprint density at radius 1 is 0.430 bits per heavy atom. The lowest BCUT2D eigenvalue weighted by Gasteiger charge is -2.46. The number of ether oxygens (including phenoxy) is 4. The maximum atomic E-state index is 13.3. The smallest absolute Gasteiger partial charge is 0.220 e. The fraction of sp³-hybridized carbons (Fsp3) is 0.792. The molecule has 2 fully saturated rings. The number of rotatable bonds is 56. The number of carbonyl (C=O) groups is 1. The van der Waals surface area contributed by atoms with Crippen molar-refractivity contribution in [3.63, 3.8) is 0 Å². The third kappa shape index (κ3) is 40.0. The highest BCUT2D eigenvalue weighted by Gasteiger charge is 2.51. The summed E-state index contributed by atoms with van der Waals surface area (Å²) in [7, 11) is 0. The molecule has 12 unspecified atom stereocenters. The predicted molar refractivity (Wildman–Crippen MR) is 350 cm³/mol. The van der Waals surface area contributed by atoms with Gasteiger partial charge in [-0.2, -0.15) is 0 Å². The largest absolute Gasteiger partial charge is 0.394 e. The second kappa shape index (κ2) is 56.2. The van der Waals surface area contributed by atoms with E-state index >= 15 is 0 Å². The summed E-state index contributed by atoms with van der Waals surface area (Å²) in [5.41, 5.74) is 0. The normalized spacial score (nSPS) is 23.9. The Kier molecular flexibility index (Phi) is 51.8. The fourth-order valence-corrected chi connectivity index (χ4v) is 11.0. The highest BCUT2D eigenvalue weighted by molar-refractivity contribution is 5.76. The van der Waals surface area contributed by atoms with Crippen LogP contribution in [0.5, 0.6) is 0 Å². The lowest BCUT2D eigenvalue weighted by Crippen LogP contribution is -2.65. The predicted octanol–water partition coefficient (Wildman–Crippen LogP) is 14.0. The van der Waals surface area contributed by atoms with E-state index in [-0.39, 0.29) is 18.9 Å². The molecular weight excluding hydrogens is 1090 g/mol. The number of carbonyl (C=O) groups excluding carboxylic acids is 1. The molecule has 9 N–H and O–H groups in total. The van der Waals surface area contributed by atoms with Gasteiger partial charge in [0, 0.05) is 6.42 Å². The van der Waals surface area contributed by atoms with Crippen molar-refractivity contribution in [2.24, 2.45) is 0 Å². The summed E-state index contributed by atoms with van der Waals surface area (Å²) in [5.74, 6) is -0.259. The van der Waals surface area contributed by atoms with Gasteiger partial charge in [-0.15, -0.1) is 0 Å². The van der Waals surface area contributed by atoms with Crippen molar-refractivity contribution in [2.45, 2.75) is 344 Å². The molecule has 14 nitrogen and oxygen atoms in total. The van der Waals surface area contributed by atoms with E-state index in [4.69, 9.17) is 18.9 Å². The second-order valence-electron chi connectivity index (χ2n) is 24.3. The van der Waals surface area contributed by atoms with Crippen LogP contribution in [0.4, 0.5) is 0 Å². The molecule has 0 aromatic heterocycles. The van der Waals surface area contributed by atoms with Gasteiger partial charge in [-0.25, -0.2) is 0 Å². The maximum Gasteiger partial charge on any atom is 0.220 e. The first-order valence-electron chi connectivity index (χ1n) is 34.8. The van der Waals surface area contributed by atoms with E-state index < -0.39 is 86.8 Å². The van der Waals surface area contributed by atoms with Crippen molar-refractivity contribution in [1.82, 2.24) is 5.32 Å². The SMILES string of the molecule is CC/C=C\C/C=C\C/C=C\C/C=C\CCCCCCCCCCCCC(=O)NC(COC1OC(CO)C(OC2OC(CO)C(O)C(O)C2O)C(O)C1O)C(O)/C=C/CC/C=C/CC/C=C/CCCCCCCCCCCCCCCCCCCCC. The summed E-state index contributed by atoms with van der Waals surface area (Å²) in [6.07, 6.45) is 60.7. The number of aliphatic hydroxyl groups excluding tert-OH is 8. The molecule has 2 saturated heterocycles. The quantitative estimate of drug-likeness (QED) is 0.0204. The molecule has 0 saturated carbocycles. The molecule has 14 heteroatoms. The molecule has 498 valence electrons. The third-order valence-electron chi connectivity index (χ3n) is 16.5. The van der Waals surface area contributed by atoms with Crippen LogP contribution in [0.3, 0.4) is 0 Å². The molecule has 2 heterocycles. The van der Waals surface area contributed by atoms with Gasteiger partial charge in [0.15, 0.2) is 12.6 Å². The summed E-state index contributed by atoms with van der Waals surface area (Å²) in [5, 5.41) is 87.4. The fourth-order valence-electron chi connectivity index (χ4n) is 11.0. The highest BCUT2D eigenvalue weighted by Crippen LogP contribution is 2.30. The Labute approximate surface area is 522 Å². The topological polar surface area (TPSA) is 228 Å². The van der Waals surface area contributed by atoms with E-state index in [2.05, 4.69) is 92.1 Å². The van der Waals surface area contributed by atoms with Gasteiger partial charge in [-0.05, 0) is 83.5 Å². The molecule has 0 aromatic rings. The van der Waals surface area contributed by atoms with Crippen molar-refractivity contribution in [1.29, 1.82) is 0 Å². The van der Waals surface area contributed by atoms with Crippen LogP contribution in [0.15, 0.2) is 85.1 Å². The number of allylic oxidation sites excluding steroid dienone is 13. The van der Waals surface area contributed by atoms with Gasteiger partial charge in [0.2, 0.25) is 5.91 Å². The number of unbranched alkanes of at least 4 members (excludes halogenated alkanes) is 31. The molecule has 2 aliphatic rings. The zero-order valence-electron chi connectivity index (χ0n) is 54.0. The summed E-state index contributed by atoms with van der Waals surface area (Å²) in [6.45, 7) is 2.68. The third-order valence-corrected chi connectivity index (χ3v) is 16.5. The van der Waals surface area contributed by atoms with Gasteiger partial charge in [0.1, 0.15) is 48.8 Å². The maximum absolute atomic E-state index is 13.3. The van der Waals surface area contributed by atoms with Crippen LogP contribution in [-0.4, -0.2) is 140 Å². The van der Waals surface area contributed by atoms with E-state index in [1.54, 1.807) is 6.08 Å². The first-order chi connectivity index (χ1) is 42.1. The zero-order chi connectivity index (χ0) is 62.3. The van der Waals surface area contributed by atoms with Crippen molar-refractivity contribution >= 4 is 5.91 Å². The molecule has 0 aliphatic carbocycles. The lowest BCUT2D eigenvalue weighted by molar-refractivity contribution is -0.359. The van der Waals surface area contributed by atoms with Crippen LogP contribution in [0.2, 0.25) is 0 Å². The van der Waals surface area contributed by atoms with Crippen molar-refractivity contribution in [3.8, 4) is 0 Å². The van der Waals surface area contributed by atoms with Crippen LogP contribution >= 0.6 is 0 Å². The van der Waals surface area contributed by atoms with Gasteiger partial charge in [-0.3, -0.25) is 4.79 Å². The molecule has 0 radical (unpaired) electrons. The van der Waals surface area contributed by atoms with Gasteiger partial charge >= 0.3 is 0 Å². The minimum atomic E-state index is -1.80. The molecule has 2 rings (SSSR count). The monoisotopic (exact) mass is 1210 g/mol. The molecule has 12 atom stereocenters. The Balaban J connectivity index is 1.72. The number of aliphatic hydroxyl groups is 8. The minimum Gasteiger partial charge on any atom is -0.394 e. The van der Waals surface area contributed by atoms with Crippen LogP contribution in [0.1, 0.15) is 271 Å². The van der Waals surface area contributed by atoms with Crippen LogP contribution in [0.25, 0.3) is 0 Å². The van der Waals surface area contributed by atoms with Gasteiger partial charge < -0.3 is 65.1 Å². The van der Waals surface area contributed by atoms with Crippen LogP contribution in [0, 0.1) is 0 Å². The Bertz CT molecular complexity index is 1770. The summed E-state index contributed by atoms with van der Waals surface area (Å²) in [4.78, 5) is 13.3. The Morgan fingerprint density at radius 3 is 1.28 bits per heavy atom. The minimum absolute atomic E-state index is 0.259. The van der Waals surface area contributed by atoms with Crippen LogP contribution < -0.4 is 5.32 Å². The summed E-state index contributed by atoms with van der Waals surface area (Å²) in [6, 6.07) is -0.947. The van der Waals surface area contributed by atoms with E-state index in [1.165, 1.54) is 161 Å². The Hall–Kier alpha value is -2.83. The summed E-state index contributed by atoms with van der Waals surface area (Å²) < 4.78 is 22.8.